The van der Waals surface area contributed by atoms with Crippen molar-refractivity contribution in [1.29, 1.82) is 0 Å². The summed E-state index contributed by atoms with van der Waals surface area (Å²) < 4.78 is 10.3. The van der Waals surface area contributed by atoms with E-state index in [-0.39, 0.29) is 5.75 Å². The first-order chi connectivity index (χ1) is 8.29. The summed E-state index contributed by atoms with van der Waals surface area (Å²) >= 11 is 0. The molecule has 94 valence electrons. The molecule has 0 bridgehead atoms. The van der Waals surface area contributed by atoms with Gasteiger partial charge in [-0.25, -0.2) is 5.01 Å². The van der Waals surface area contributed by atoms with Crippen molar-refractivity contribution < 1.29 is 14.6 Å². The normalized spacial score (nSPS) is 17.0. The molecule has 1 fully saturated rings. The van der Waals surface area contributed by atoms with Crippen LogP contribution in [0.15, 0.2) is 18.2 Å². The van der Waals surface area contributed by atoms with E-state index in [1.165, 1.54) is 0 Å². The van der Waals surface area contributed by atoms with Gasteiger partial charge in [-0.2, -0.15) is 0 Å². The molecule has 17 heavy (non-hydrogen) atoms. The maximum absolute atomic E-state index is 9.64. The van der Waals surface area contributed by atoms with Gasteiger partial charge in [0, 0.05) is 19.6 Å². The number of phenols is 1. The fourth-order valence-electron chi connectivity index (χ4n) is 1.77. The minimum Gasteiger partial charge on any atom is -0.504 e. The third kappa shape index (κ3) is 3.33. The van der Waals surface area contributed by atoms with Gasteiger partial charge in [-0.3, -0.25) is 5.43 Å². The van der Waals surface area contributed by atoms with Crippen LogP contribution in [0.4, 0.5) is 0 Å². The van der Waals surface area contributed by atoms with Crippen molar-refractivity contribution in [3.05, 3.63) is 23.8 Å². The molecular formula is C12H18N2O3. The molecule has 1 aromatic carbocycles. The number of nitrogens with zero attached hydrogens (tertiary/aromatic N) is 1. The Balaban J connectivity index is 1.87. The zero-order valence-electron chi connectivity index (χ0n) is 9.98. The van der Waals surface area contributed by atoms with Gasteiger partial charge < -0.3 is 14.6 Å². The van der Waals surface area contributed by atoms with Gasteiger partial charge >= 0.3 is 0 Å². The molecule has 1 aliphatic heterocycles. The molecule has 0 saturated carbocycles. The van der Waals surface area contributed by atoms with Gasteiger partial charge in [0.2, 0.25) is 0 Å². The molecule has 1 aromatic rings. The van der Waals surface area contributed by atoms with Crippen LogP contribution in [0.5, 0.6) is 11.5 Å². The highest BCUT2D eigenvalue weighted by Gasteiger charge is 2.09. The highest BCUT2D eigenvalue weighted by molar-refractivity contribution is 5.41. The molecule has 1 saturated heterocycles. The average molecular weight is 238 g/mol. The summed E-state index contributed by atoms with van der Waals surface area (Å²) in [6, 6.07) is 5.42. The predicted octanol–water partition coefficient (Wildman–Crippen LogP) is 0.738. The lowest BCUT2D eigenvalue weighted by atomic mass is 10.2. The first kappa shape index (κ1) is 12.2. The zero-order chi connectivity index (χ0) is 12.1. The molecular weight excluding hydrogens is 220 g/mol. The quantitative estimate of drug-likeness (QED) is 0.810. The third-order valence-corrected chi connectivity index (χ3v) is 2.76. The molecule has 0 aromatic heterocycles. The first-order valence-electron chi connectivity index (χ1n) is 5.71. The number of benzene rings is 1. The number of ether oxygens (including phenoxy) is 2. The van der Waals surface area contributed by atoms with Crippen molar-refractivity contribution in [2.24, 2.45) is 0 Å². The van der Waals surface area contributed by atoms with Crippen LogP contribution in [0, 0.1) is 0 Å². The van der Waals surface area contributed by atoms with Crippen LogP contribution in [-0.4, -0.2) is 43.5 Å². The zero-order valence-corrected chi connectivity index (χ0v) is 9.98. The third-order valence-electron chi connectivity index (χ3n) is 2.76. The van der Waals surface area contributed by atoms with Gasteiger partial charge in [0.15, 0.2) is 11.5 Å². The molecule has 1 aliphatic rings. The van der Waals surface area contributed by atoms with Crippen molar-refractivity contribution in [2.45, 2.75) is 6.54 Å². The monoisotopic (exact) mass is 238 g/mol. The van der Waals surface area contributed by atoms with E-state index in [1.807, 2.05) is 6.07 Å². The van der Waals surface area contributed by atoms with Crippen molar-refractivity contribution in [2.75, 3.05) is 33.4 Å². The number of aromatic hydroxyl groups is 1. The van der Waals surface area contributed by atoms with Gasteiger partial charge in [-0.1, -0.05) is 6.07 Å². The topological polar surface area (TPSA) is 54.0 Å². The van der Waals surface area contributed by atoms with E-state index in [0.29, 0.717) is 12.3 Å². The number of nitrogens with one attached hydrogen (secondary N) is 1. The van der Waals surface area contributed by atoms with Gasteiger partial charge in [0.1, 0.15) is 0 Å². The molecule has 0 radical (unpaired) electrons. The van der Waals surface area contributed by atoms with E-state index in [1.54, 1.807) is 19.2 Å². The standard InChI is InChI=1S/C12H18N2O3/c1-16-12-3-2-10(8-11(12)15)9-13-14-4-6-17-7-5-14/h2-3,8,13,15H,4-7,9H2,1H3. The smallest absolute Gasteiger partial charge is 0.160 e. The summed E-state index contributed by atoms with van der Waals surface area (Å²) in [5.41, 5.74) is 4.33. The second-order valence-corrected chi connectivity index (χ2v) is 3.94. The highest BCUT2D eigenvalue weighted by Crippen LogP contribution is 2.26. The Morgan fingerprint density at radius 3 is 2.82 bits per heavy atom. The lowest BCUT2D eigenvalue weighted by Crippen LogP contribution is -2.45. The van der Waals surface area contributed by atoms with Crippen LogP contribution >= 0.6 is 0 Å². The molecule has 2 rings (SSSR count). The molecule has 0 atom stereocenters. The molecule has 5 heteroatoms. The summed E-state index contributed by atoms with van der Waals surface area (Å²) in [5, 5.41) is 11.8. The Kier molecular flexibility index (Phi) is 4.19. The van der Waals surface area contributed by atoms with Gasteiger partial charge in [-0.15, -0.1) is 0 Å². The first-order valence-corrected chi connectivity index (χ1v) is 5.71. The number of rotatable bonds is 4. The van der Waals surface area contributed by atoms with E-state index in [0.717, 1.165) is 31.9 Å². The maximum Gasteiger partial charge on any atom is 0.160 e. The number of hydrazine groups is 1. The molecule has 0 unspecified atom stereocenters. The Morgan fingerprint density at radius 2 is 2.18 bits per heavy atom. The summed E-state index contributed by atoms with van der Waals surface area (Å²) in [4.78, 5) is 0. The predicted molar refractivity (Wildman–Crippen MR) is 63.9 cm³/mol. The maximum atomic E-state index is 9.64. The van der Waals surface area contributed by atoms with Crippen LogP contribution in [-0.2, 0) is 11.3 Å². The summed E-state index contributed by atoms with van der Waals surface area (Å²) in [6.45, 7) is 4.00. The molecule has 1 heterocycles. The van der Waals surface area contributed by atoms with E-state index in [2.05, 4.69) is 10.4 Å². The Labute approximate surface area is 101 Å². The second kappa shape index (κ2) is 5.86. The molecule has 0 amide bonds. The minimum atomic E-state index is 0.175. The number of methoxy groups -OCH3 is 1. The lowest BCUT2D eigenvalue weighted by molar-refractivity contribution is 0.0105. The number of hydrogen-bond donors (Lipinski definition) is 2. The van der Waals surface area contributed by atoms with Gasteiger partial charge in [-0.05, 0) is 17.7 Å². The number of phenolic OH excluding ortho intramolecular Hbond substituents is 1. The highest BCUT2D eigenvalue weighted by atomic mass is 16.5. The van der Waals surface area contributed by atoms with Crippen molar-refractivity contribution in [3.63, 3.8) is 0 Å². The van der Waals surface area contributed by atoms with Crippen molar-refractivity contribution >= 4 is 0 Å². The largest absolute Gasteiger partial charge is 0.504 e. The van der Waals surface area contributed by atoms with E-state index < -0.39 is 0 Å². The van der Waals surface area contributed by atoms with Crippen LogP contribution in [0.3, 0.4) is 0 Å². The van der Waals surface area contributed by atoms with Crippen molar-refractivity contribution in [3.8, 4) is 11.5 Å². The Morgan fingerprint density at radius 1 is 1.41 bits per heavy atom. The second-order valence-electron chi connectivity index (χ2n) is 3.94. The van der Waals surface area contributed by atoms with Crippen LogP contribution < -0.4 is 10.2 Å². The fourth-order valence-corrected chi connectivity index (χ4v) is 1.77. The van der Waals surface area contributed by atoms with E-state index >= 15 is 0 Å². The van der Waals surface area contributed by atoms with Crippen LogP contribution in [0.25, 0.3) is 0 Å². The van der Waals surface area contributed by atoms with Crippen LogP contribution in [0.2, 0.25) is 0 Å². The average Bonchev–Trinajstić information content (AvgIpc) is 2.38. The molecule has 0 spiro atoms. The summed E-state index contributed by atoms with van der Waals surface area (Å²) in [7, 11) is 1.54. The summed E-state index contributed by atoms with van der Waals surface area (Å²) in [5.74, 6) is 0.675. The summed E-state index contributed by atoms with van der Waals surface area (Å²) in [6.07, 6.45) is 0. The van der Waals surface area contributed by atoms with E-state index in [9.17, 15) is 5.11 Å². The number of hydrogen-bond acceptors (Lipinski definition) is 5. The molecule has 0 aliphatic carbocycles. The lowest BCUT2D eigenvalue weighted by Gasteiger charge is -2.27. The van der Waals surface area contributed by atoms with E-state index in [4.69, 9.17) is 9.47 Å². The minimum absolute atomic E-state index is 0.175. The Hall–Kier alpha value is -1.30. The van der Waals surface area contributed by atoms with Crippen molar-refractivity contribution in [1.82, 2.24) is 10.4 Å². The Bertz CT molecular complexity index is 365. The molecule has 2 N–H and O–H groups in total. The van der Waals surface area contributed by atoms with Crippen LogP contribution in [0.1, 0.15) is 5.56 Å². The fraction of sp³-hybridized carbons (Fsp3) is 0.500. The van der Waals surface area contributed by atoms with Gasteiger partial charge in [0.25, 0.3) is 0 Å². The van der Waals surface area contributed by atoms with Gasteiger partial charge in [0.05, 0.1) is 20.3 Å². The SMILES string of the molecule is COc1ccc(CNN2CCOCC2)cc1O. The number of morpholine rings is 1. The molecule has 5 nitrogen and oxygen atoms in total.